The van der Waals surface area contributed by atoms with Crippen LogP contribution in [0.4, 0.5) is 0 Å². The molecule has 0 spiro atoms. The molecule has 0 N–H and O–H groups in total. The second-order valence-electron chi connectivity index (χ2n) is 5.99. The number of aliphatic imine (C=N–C) groups is 1. The third-order valence-electron chi connectivity index (χ3n) is 4.42. The maximum atomic E-state index is 7.16. The fourth-order valence-electron chi connectivity index (χ4n) is 3.19. The minimum absolute atomic E-state index is 0.324. The molecule has 2 aromatic carbocycles. The molecule has 2 aromatic rings. The lowest BCUT2D eigenvalue weighted by Crippen LogP contribution is -2.29. The Morgan fingerprint density at radius 2 is 2.15 bits per heavy atom. The Balaban J connectivity index is 1.90. The number of benzene rings is 2. The van der Waals surface area contributed by atoms with E-state index in [1.165, 1.54) is 0 Å². The zero-order chi connectivity index (χ0) is 18.5. The number of halogens is 2. The summed E-state index contributed by atoms with van der Waals surface area (Å²) in [5.41, 5.74) is 3.21. The van der Waals surface area contributed by atoms with E-state index in [0.29, 0.717) is 6.67 Å². The van der Waals surface area contributed by atoms with Gasteiger partial charge in [-0.25, -0.2) is 6.57 Å². The lowest BCUT2D eigenvalue weighted by atomic mass is 9.98. The van der Waals surface area contributed by atoms with Gasteiger partial charge in [0.25, 0.3) is 6.67 Å². The second kappa shape index (κ2) is 8.57. The van der Waals surface area contributed by atoms with Crippen LogP contribution in [-0.4, -0.2) is 37.6 Å². The highest BCUT2D eigenvalue weighted by Crippen LogP contribution is 2.28. The summed E-state index contributed by atoms with van der Waals surface area (Å²) >= 11 is 10.1. The number of ether oxygens (including phenoxy) is 1. The van der Waals surface area contributed by atoms with Gasteiger partial charge in [-0.05, 0) is 48.2 Å². The molecule has 0 fully saturated rings. The molecule has 26 heavy (non-hydrogen) atoms. The van der Waals surface area contributed by atoms with Crippen LogP contribution in [0.2, 0.25) is 5.02 Å². The molecule has 0 radical (unpaired) electrons. The van der Waals surface area contributed by atoms with Crippen LogP contribution in [0.1, 0.15) is 16.7 Å². The standard InChI is InChI=1S/C20H19BrClN3O/c1-23-13-25-11-10-24-20(25)17-4-3-5-18(22)16(17)8-6-14-12-15(21)7-9-19(14)26-2/h3-5,7,9,12H,6,8,10-11,13H2,2H3. The van der Waals surface area contributed by atoms with E-state index in [1.54, 1.807) is 7.11 Å². The van der Waals surface area contributed by atoms with Gasteiger partial charge in [0.05, 0.1) is 13.7 Å². The van der Waals surface area contributed by atoms with Gasteiger partial charge in [0, 0.05) is 21.6 Å². The predicted octanol–water partition coefficient (Wildman–Crippen LogP) is 4.84. The monoisotopic (exact) mass is 431 g/mol. The molecule has 1 aliphatic heterocycles. The van der Waals surface area contributed by atoms with E-state index >= 15 is 0 Å². The lowest BCUT2D eigenvalue weighted by molar-refractivity contribution is 0.409. The van der Waals surface area contributed by atoms with Crippen molar-refractivity contribution in [2.75, 3.05) is 26.9 Å². The van der Waals surface area contributed by atoms with Crippen molar-refractivity contribution in [2.24, 2.45) is 4.99 Å². The van der Waals surface area contributed by atoms with Gasteiger partial charge < -0.3 is 4.74 Å². The first-order valence-electron chi connectivity index (χ1n) is 8.37. The largest absolute Gasteiger partial charge is 0.496 e. The van der Waals surface area contributed by atoms with Crippen molar-refractivity contribution in [3.05, 3.63) is 74.0 Å². The summed E-state index contributed by atoms with van der Waals surface area (Å²) in [6.45, 7) is 8.98. The van der Waals surface area contributed by atoms with Gasteiger partial charge in [0.1, 0.15) is 11.6 Å². The molecule has 0 bridgehead atoms. The molecule has 0 atom stereocenters. The fourth-order valence-corrected chi connectivity index (χ4v) is 3.86. The average Bonchev–Trinajstić information content (AvgIpc) is 3.09. The van der Waals surface area contributed by atoms with E-state index < -0.39 is 0 Å². The number of aryl methyl sites for hydroxylation is 1. The van der Waals surface area contributed by atoms with Gasteiger partial charge in [-0.3, -0.25) is 14.7 Å². The molecule has 0 aromatic heterocycles. The van der Waals surface area contributed by atoms with Gasteiger partial charge in [-0.1, -0.05) is 39.7 Å². The van der Waals surface area contributed by atoms with Crippen LogP contribution in [0.15, 0.2) is 45.9 Å². The number of hydrogen-bond acceptors (Lipinski definition) is 3. The number of rotatable bonds is 6. The first-order valence-corrected chi connectivity index (χ1v) is 9.54. The summed E-state index contributed by atoms with van der Waals surface area (Å²) < 4.78 is 6.50. The van der Waals surface area contributed by atoms with E-state index in [0.717, 1.165) is 63.7 Å². The summed E-state index contributed by atoms with van der Waals surface area (Å²) in [6, 6.07) is 11.9. The smallest absolute Gasteiger partial charge is 0.290 e. The molecule has 1 heterocycles. The Hall–Kier alpha value is -2.03. The van der Waals surface area contributed by atoms with Gasteiger partial charge in [0.15, 0.2) is 0 Å². The highest BCUT2D eigenvalue weighted by Gasteiger charge is 2.23. The first kappa shape index (κ1) is 18.8. The molecule has 4 nitrogen and oxygen atoms in total. The molecule has 0 saturated carbocycles. The minimum Gasteiger partial charge on any atom is -0.496 e. The van der Waals surface area contributed by atoms with Crippen molar-refractivity contribution < 1.29 is 4.74 Å². The molecule has 3 rings (SSSR count). The Bertz CT molecular complexity index is 876. The van der Waals surface area contributed by atoms with Gasteiger partial charge in [-0.2, -0.15) is 0 Å². The summed E-state index contributed by atoms with van der Waals surface area (Å²) in [4.78, 5) is 10.1. The SMILES string of the molecule is [C-]#[N+]CN1CCN=C1c1cccc(Cl)c1CCc1cc(Br)ccc1OC. The molecule has 0 aliphatic carbocycles. The van der Waals surface area contributed by atoms with E-state index in [1.807, 2.05) is 35.2 Å². The molecule has 6 heteroatoms. The summed E-state index contributed by atoms with van der Waals surface area (Å²) in [5.74, 6) is 1.74. The van der Waals surface area contributed by atoms with Gasteiger partial charge >= 0.3 is 0 Å². The topological polar surface area (TPSA) is 29.2 Å². The van der Waals surface area contributed by atoms with Crippen LogP contribution in [-0.2, 0) is 12.8 Å². The Kier molecular flexibility index (Phi) is 6.18. The highest BCUT2D eigenvalue weighted by molar-refractivity contribution is 9.10. The molecule has 0 amide bonds. The first-order chi connectivity index (χ1) is 12.6. The Morgan fingerprint density at radius 1 is 1.31 bits per heavy atom. The predicted molar refractivity (Wildman–Crippen MR) is 109 cm³/mol. The number of hydrogen-bond donors (Lipinski definition) is 0. The van der Waals surface area contributed by atoms with E-state index in [2.05, 4.69) is 31.8 Å². The zero-order valence-electron chi connectivity index (χ0n) is 14.5. The number of methoxy groups -OCH3 is 1. The molecule has 1 aliphatic rings. The Morgan fingerprint density at radius 3 is 2.92 bits per heavy atom. The minimum atomic E-state index is 0.324. The van der Waals surface area contributed by atoms with Gasteiger partial charge in [-0.15, -0.1) is 0 Å². The third kappa shape index (κ3) is 4.03. The van der Waals surface area contributed by atoms with Crippen molar-refractivity contribution in [1.82, 2.24) is 4.90 Å². The molecule has 134 valence electrons. The van der Waals surface area contributed by atoms with Crippen molar-refractivity contribution in [2.45, 2.75) is 12.8 Å². The molecular formula is C20H19BrClN3O. The fraction of sp³-hybridized carbons (Fsp3) is 0.300. The van der Waals surface area contributed by atoms with Crippen molar-refractivity contribution in [3.8, 4) is 5.75 Å². The molecule has 0 saturated heterocycles. The normalized spacial score (nSPS) is 13.5. The average molecular weight is 433 g/mol. The highest BCUT2D eigenvalue weighted by atomic mass is 79.9. The summed E-state index contributed by atoms with van der Waals surface area (Å²) in [5, 5.41) is 0.730. The van der Waals surface area contributed by atoms with Crippen LogP contribution in [0.25, 0.3) is 4.85 Å². The zero-order valence-corrected chi connectivity index (χ0v) is 16.8. The van der Waals surface area contributed by atoms with Crippen LogP contribution >= 0.6 is 27.5 Å². The quantitative estimate of drug-likeness (QED) is 0.612. The number of nitrogens with zero attached hydrogens (tertiary/aromatic N) is 3. The van der Waals surface area contributed by atoms with E-state index in [-0.39, 0.29) is 0 Å². The van der Waals surface area contributed by atoms with Crippen LogP contribution in [0.3, 0.4) is 0 Å². The van der Waals surface area contributed by atoms with Crippen molar-refractivity contribution >= 4 is 33.4 Å². The van der Waals surface area contributed by atoms with E-state index in [4.69, 9.17) is 22.9 Å². The third-order valence-corrected chi connectivity index (χ3v) is 5.27. The van der Waals surface area contributed by atoms with Crippen molar-refractivity contribution in [1.29, 1.82) is 0 Å². The summed E-state index contributed by atoms with van der Waals surface area (Å²) in [6.07, 6.45) is 1.57. The maximum absolute atomic E-state index is 7.16. The molecular weight excluding hydrogens is 414 g/mol. The van der Waals surface area contributed by atoms with Crippen LogP contribution in [0, 0.1) is 6.57 Å². The van der Waals surface area contributed by atoms with Crippen molar-refractivity contribution in [3.63, 3.8) is 0 Å². The lowest BCUT2D eigenvalue weighted by Gasteiger charge is -2.18. The maximum Gasteiger partial charge on any atom is 0.290 e. The number of amidine groups is 1. The van der Waals surface area contributed by atoms with E-state index in [9.17, 15) is 0 Å². The molecule has 0 unspecified atom stereocenters. The Labute approximate surface area is 167 Å². The van der Waals surface area contributed by atoms with Gasteiger partial charge in [0.2, 0.25) is 0 Å². The van der Waals surface area contributed by atoms with Crippen LogP contribution in [0.5, 0.6) is 5.75 Å². The summed E-state index contributed by atoms with van der Waals surface area (Å²) in [7, 11) is 1.68. The van der Waals surface area contributed by atoms with Crippen LogP contribution < -0.4 is 4.74 Å². The second-order valence-corrected chi connectivity index (χ2v) is 7.31.